The van der Waals surface area contributed by atoms with Crippen molar-refractivity contribution in [2.45, 2.75) is 32.6 Å². The van der Waals surface area contributed by atoms with Crippen molar-refractivity contribution in [3.8, 4) is 0 Å². The van der Waals surface area contributed by atoms with Gasteiger partial charge in [-0.3, -0.25) is 4.79 Å². The summed E-state index contributed by atoms with van der Waals surface area (Å²) in [5, 5.41) is 2.65. The number of rotatable bonds is 8. The van der Waals surface area contributed by atoms with E-state index in [0.29, 0.717) is 24.4 Å². The van der Waals surface area contributed by atoms with Crippen LogP contribution in [0.2, 0.25) is 0 Å². The molecule has 0 radical (unpaired) electrons. The number of anilines is 1. The molecule has 0 aliphatic heterocycles. The number of sulfone groups is 1. The Morgan fingerprint density at radius 1 is 1.00 bits per heavy atom. The number of nitrogens with one attached hydrogen (secondary N) is 1. The van der Waals surface area contributed by atoms with Crippen LogP contribution < -0.4 is 5.32 Å². The lowest BCUT2D eigenvalue weighted by atomic mass is 10.0. The molecule has 0 bridgehead atoms. The third-order valence-corrected chi connectivity index (χ3v) is 5.59. The molecular weight excluding hydrogens is 334 g/mol. The lowest BCUT2D eigenvalue weighted by Crippen LogP contribution is -2.24. The zero-order chi connectivity index (χ0) is 18.3. The molecule has 134 valence electrons. The summed E-state index contributed by atoms with van der Waals surface area (Å²) in [6.07, 6.45) is 1.21. The van der Waals surface area contributed by atoms with Gasteiger partial charge in [0.05, 0.1) is 5.75 Å². The number of aryl methyl sites for hydroxylation is 1. The van der Waals surface area contributed by atoms with Crippen molar-refractivity contribution >= 4 is 21.4 Å². The molecule has 0 heterocycles. The van der Waals surface area contributed by atoms with Crippen LogP contribution in [0.1, 0.15) is 37.3 Å². The quantitative estimate of drug-likeness (QED) is 0.780. The fraction of sp³-hybridized carbons (Fsp3) is 0.350. The summed E-state index contributed by atoms with van der Waals surface area (Å²) in [7, 11) is -3.40. The van der Waals surface area contributed by atoms with Crippen molar-refractivity contribution in [2.24, 2.45) is 0 Å². The maximum absolute atomic E-state index is 12.1. The molecule has 0 aliphatic carbocycles. The number of carbonyl (C=O) groups excluding carboxylic acids is 1. The van der Waals surface area contributed by atoms with Gasteiger partial charge >= 0.3 is 0 Å². The highest BCUT2D eigenvalue weighted by atomic mass is 32.2. The van der Waals surface area contributed by atoms with Gasteiger partial charge in [0.2, 0.25) is 5.91 Å². The first-order valence-electron chi connectivity index (χ1n) is 8.50. The van der Waals surface area contributed by atoms with Crippen LogP contribution in [0.4, 0.5) is 5.69 Å². The predicted octanol–water partition coefficient (Wildman–Crippen LogP) is 3.80. The first-order valence-corrected chi connectivity index (χ1v) is 10.3. The lowest BCUT2D eigenvalue weighted by molar-refractivity contribution is -0.113. The molecular formula is C20H25NO3S. The molecule has 0 unspecified atom stereocenters. The third kappa shape index (κ3) is 6.70. The predicted molar refractivity (Wildman–Crippen MR) is 103 cm³/mol. The average Bonchev–Trinajstić information content (AvgIpc) is 2.55. The Labute approximate surface area is 150 Å². The normalized spacial score (nSPS) is 11.5. The molecule has 5 heteroatoms. The van der Waals surface area contributed by atoms with E-state index in [4.69, 9.17) is 0 Å². The number of amides is 1. The average molecular weight is 359 g/mol. The van der Waals surface area contributed by atoms with Gasteiger partial charge in [-0.05, 0) is 42.0 Å². The van der Waals surface area contributed by atoms with Crippen LogP contribution in [0.5, 0.6) is 0 Å². The minimum absolute atomic E-state index is 0.0155. The van der Waals surface area contributed by atoms with Crippen molar-refractivity contribution in [1.29, 1.82) is 0 Å². The molecule has 0 spiro atoms. The highest BCUT2D eigenvalue weighted by Gasteiger charge is 2.16. The van der Waals surface area contributed by atoms with E-state index in [1.807, 2.05) is 42.5 Å². The summed E-state index contributed by atoms with van der Waals surface area (Å²) in [5.41, 5.74) is 2.90. The maximum atomic E-state index is 12.1. The van der Waals surface area contributed by atoms with Crippen LogP contribution in [0.3, 0.4) is 0 Å². The fourth-order valence-electron chi connectivity index (χ4n) is 2.56. The van der Waals surface area contributed by atoms with Gasteiger partial charge in [-0.15, -0.1) is 0 Å². The molecule has 1 N–H and O–H groups in total. The van der Waals surface area contributed by atoms with E-state index in [2.05, 4.69) is 19.2 Å². The Hall–Kier alpha value is -2.14. The molecule has 0 saturated heterocycles. The zero-order valence-electron chi connectivity index (χ0n) is 14.7. The van der Waals surface area contributed by atoms with E-state index in [-0.39, 0.29) is 5.75 Å². The summed E-state index contributed by atoms with van der Waals surface area (Å²) in [4.78, 5) is 12.0. The molecule has 0 saturated carbocycles. The zero-order valence-corrected chi connectivity index (χ0v) is 15.6. The summed E-state index contributed by atoms with van der Waals surface area (Å²) in [5.74, 6) is -0.540. The van der Waals surface area contributed by atoms with Crippen LogP contribution in [0.25, 0.3) is 0 Å². The first-order chi connectivity index (χ1) is 11.9. The maximum Gasteiger partial charge on any atom is 0.239 e. The van der Waals surface area contributed by atoms with Crippen LogP contribution in [-0.4, -0.2) is 25.8 Å². The van der Waals surface area contributed by atoms with Crippen molar-refractivity contribution in [1.82, 2.24) is 0 Å². The SMILES string of the molecule is CC(C)c1ccc(NC(=O)CS(=O)(=O)CCCc2ccccc2)cc1. The number of benzene rings is 2. The molecule has 4 nitrogen and oxygen atoms in total. The third-order valence-electron chi connectivity index (χ3n) is 3.98. The number of hydrogen-bond acceptors (Lipinski definition) is 3. The number of hydrogen-bond donors (Lipinski definition) is 1. The minimum Gasteiger partial charge on any atom is -0.325 e. The van der Waals surface area contributed by atoms with Gasteiger partial charge in [0, 0.05) is 5.69 Å². The molecule has 0 fully saturated rings. The highest BCUT2D eigenvalue weighted by molar-refractivity contribution is 7.92. The van der Waals surface area contributed by atoms with E-state index in [0.717, 1.165) is 5.56 Å². The van der Waals surface area contributed by atoms with Crippen molar-refractivity contribution in [2.75, 3.05) is 16.8 Å². The molecule has 2 aromatic rings. The van der Waals surface area contributed by atoms with Crippen LogP contribution >= 0.6 is 0 Å². The van der Waals surface area contributed by atoms with Crippen molar-refractivity contribution in [3.05, 3.63) is 65.7 Å². The van der Waals surface area contributed by atoms with Crippen LogP contribution in [0.15, 0.2) is 54.6 Å². The summed E-state index contributed by atoms with van der Waals surface area (Å²) in [6.45, 7) is 4.19. The molecule has 2 aromatic carbocycles. The standard InChI is InChI=1S/C20H25NO3S/c1-16(2)18-10-12-19(13-11-18)21-20(22)15-25(23,24)14-6-9-17-7-4-3-5-8-17/h3-5,7-8,10-13,16H,6,9,14-15H2,1-2H3,(H,21,22). The Balaban J connectivity index is 1.81. The minimum atomic E-state index is -3.40. The second kappa shape index (κ2) is 8.81. The van der Waals surface area contributed by atoms with Gasteiger partial charge in [0.25, 0.3) is 0 Å². The van der Waals surface area contributed by atoms with Crippen molar-refractivity contribution in [3.63, 3.8) is 0 Å². The second-order valence-corrected chi connectivity index (χ2v) is 8.69. The molecule has 25 heavy (non-hydrogen) atoms. The van der Waals surface area contributed by atoms with E-state index in [1.165, 1.54) is 5.56 Å². The fourth-order valence-corrected chi connectivity index (χ4v) is 3.76. The number of carbonyl (C=O) groups is 1. The van der Waals surface area contributed by atoms with Crippen LogP contribution in [-0.2, 0) is 21.1 Å². The van der Waals surface area contributed by atoms with Crippen LogP contribution in [0, 0.1) is 0 Å². The van der Waals surface area contributed by atoms with E-state index < -0.39 is 21.5 Å². The van der Waals surface area contributed by atoms with Gasteiger partial charge < -0.3 is 5.32 Å². The Kier molecular flexibility index (Phi) is 6.76. The summed E-state index contributed by atoms with van der Waals surface area (Å²) in [6, 6.07) is 17.2. The Morgan fingerprint density at radius 3 is 2.24 bits per heavy atom. The molecule has 1 amide bonds. The highest BCUT2D eigenvalue weighted by Crippen LogP contribution is 2.17. The van der Waals surface area contributed by atoms with Gasteiger partial charge in [-0.25, -0.2) is 8.42 Å². The summed E-state index contributed by atoms with van der Waals surface area (Å²) >= 11 is 0. The second-order valence-electron chi connectivity index (χ2n) is 6.51. The van der Waals surface area contributed by atoms with Gasteiger partial charge in [0.15, 0.2) is 9.84 Å². The monoisotopic (exact) mass is 359 g/mol. The molecule has 0 aromatic heterocycles. The largest absolute Gasteiger partial charge is 0.325 e. The Morgan fingerprint density at radius 2 is 1.64 bits per heavy atom. The topological polar surface area (TPSA) is 63.2 Å². The smallest absolute Gasteiger partial charge is 0.239 e. The lowest BCUT2D eigenvalue weighted by Gasteiger charge is -2.09. The van der Waals surface area contributed by atoms with Gasteiger partial charge in [-0.1, -0.05) is 56.3 Å². The van der Waals surface area contributed by atoms with Gasteiger partial charge in [0.1, 0.15) is 5.75 Å². The van der Waals surface area contributed by atoms with Crippen molar-refractivity contribution < 1.29 is 13.2 Å². The Bertz CT molecular complexity index is 781. The van der Waals surface area contributed by atoms with E-state index in [9.17, 15) is 13.2 Å². The molecule has 0 atom stereocenters. The van der Waals surface area contributed by atoms with E-state index in [1.54, 1.807) is 12.1 Å². The van der Waals surface area contributed by atoms with Gasteiger partial charge in [-0.2, -0.15) is 0 Å². The molecule has 0 aliphatic rings. The summed E-state index contributed by atoms with van der Waals surface area (Å²) < 4.78 is 24.2. The van der Waals surface area contributed by atoms with E-state index >= 15 is 0 Å². The molecule has 2 rings (SSSR count). The first kappa shape index (κ1) is 19.2.